The summed E-state index contributed by atoms with van der Waals surface area (Å²) in [5, 5.41) is 2.88. The van der Waals surface area contributed by atoms with Gasteiger partial charge in [0.25, 0.3) is 0 Å². The van der Waals surface area contributed by atoms with Gasteiger partial charge in [0.2, 0.25) is 0 Å². The van der Waals surface area contributed by atoms with E-state index < -0.39 is 11.9 Å². The third-order valence-corrected chi connectivity index (χ3v) is 3.44. The van der Waals surface area contributed by atoms with Crippen molar-refractivity contribution < 1.29 is 13.2 Å². The molecule has 1 aliphatic rings. The Morgan fingerprint density at radius 2 is 2.05 bits per heavy atom. The Bertz CT molecular complexity index is 682. The zero-order valence-corrected chi connectivity index (χ0v) is 11.3. The average Bonchev–Trinajstić information content (AvgIpc) is 2.93. The molecule has 0 radical (unpaired) electrons. The number of aryl methyl sites for hydroxylation is 1. The van der Waals surface area contributed by atoms with Gasteiger partial charge in [0.05, 0.1) is 5.69 Å². The standard InChI is InChI=1S/C14H13F3N4/c1-2-8-4-3-5-19-11(8)13-20-10-7-18-6-9(10)12(21-13)14(15,16)17/h3-5,18H,2,6-7H2,1H3. The highest BCUT2D eigenvalue weighted by atomic mass is 19.4. The molecule has 0 atom stereocenters. The number of aromatic nitrogens is 3. The van der Waals surface area contributed by atoms with Gasteiger partial charge in [-0.05, 0) is 18.1 Å². The first-order valence-corrected chi connectivity index (χ1v) is 6.62. The Morgan fingerprint density at radius 3 is 2.76 bits per heavy atom. The smallest absolute Gasteiger partial charge is 0.307 e. The second kappa shape index (κ2) is 5.07. The van der Waals surface area contributed by atoms with Crippen LogP contribution in [0.3, 0.4) is 0 Å². The Hall–Kier alpha value is -2.02. The fraction of sp³-hybridized carbons (Fsp3) is 0.357. The molecule has 0 amide bonds. The molecule has 1 N–H and O–H groups in total. The van der Waals surface area contributed by atoms with Crippen LogP contribution in [0.4, 0.5) is 13.2 Å². The number of pyridine rings is 1. The maximum absolute atomic E-state index is 13.2. The number of hydrogen-bond donors (Lipinski definition) is 1. The van der Waals surface area contributed by atoms with Crippen molar-refractivity contribution in [3.8, 4) is 11.5 Å². The van der Waals surface area contributed by atoms with Crippen LogP contribution in [0.25, 0.3) is 11.5 Å². The summed E-state index contributed by atoms with van der Waals surface area (Å²) < 4.78 is 39.5. The highest BCUT2D eigenvalue weighted by Crippen LogP contribution is 2.34. The molecule has 0 saturated carbocycles. The van der Waals surface area contributed by atoms with Gasteiger partial charge in [-0.25, -0.2) is 9.97 Å². The van der Waals surface area contributed by atoms with Crippen LogP contribution in [0.1, 0.15) is 29.4 Å². The fourth-order valence-corrected chi connectivity index (χ4v) is 2.43. The Morgan fingerprint density at radius 1 is 1.24 bits per heavy atom. The van der Waals surface area contributed by atoms with E-state index in [2.05, 4.69) is 20.3 Å². The van der Waals surface area contributed by atoms with Crippen LogP contribution in [0.5, 0.6) is 0 Å². The highest BCUT2D eigenvalue weighted by molar-refractivity contribution is 5.56. The van der Waals surface area contributed by atoms with Gasteiger partial charge in [-0.1, -0.05) is 13.0 Å². The highest BCUT2D eigenvalue weighted by Gasteiger charge is 2.38. The Balaban J connectivity index is 2.21. The molecule has 2 aromatic rings. The molecule has 0 fully saturated rings. The molecule has 110 valence electrons. The van der Waals surface area contributed by atoms with Gasteiger partial charge in [0, 0.05) is 24.8 Å². The summed E-state index contributed by atoms with van der Waals surface area (Å²) in [5.41, 5.74) is 0.928. The summed E-state index contributed by atoms with van der Waals surface area (Å²) in [5.74, 6) is 0.0437. The van der Waals surface area contributed by atoms with Crippen LogP contribution in [0.15, 0.2) is 18.3 Å². The minimum Gasteiger partial charge on any atom is -0.307 e. The number of rotatable bonds is 2. The lowest BCUT2D eigenvalue weighted by Gasteiger charge is -2.13. The lowest BCUT2D eigenvalue weighted by molar-refractivity contribution is -0.141. The molecule has 1 aliphatic heterocycles. The predicted molar refractivity (Wildman–Crippen MR) is 70.2 cm³/mol. The Labute approximate surface area is 119 Å². The lowest BCUT2D eigenvalue weighted by Crippen LogP contribution is -2.15. The van der Waals surface area contributed by atoms with Gasteiger partial charge >= 0.3 is 6.18 Å². The van der Waals surface area contributed by atoms with E-state index in [1.54, 1.807) is 6.07 Å². The molecule has 3 rings (SSSR count). The molecule has 0 aliphatic carbocycles. The molecule has 0 spiro atoms. The lowest BCUT2D eigenvalue weighted by atomic mass is 10.1. The summed E-state index contributed by atoms with van der Waals surface area (Å²) in [7, 11) is 0. The summed E-state index contributed by atoms with van der Waals surface area (Å²) in [6, 6.07) is 3.58. The van der Waals surface area contributed by atoms with Crippen molar-refractivity contribution in [2.75, 3.05) is 0 Å². The second-order valence-corrected chi connectivity index (χ2v) is 4.79. The molecule has 4 nitrogen and oxygen atoms in total. The number of halogens is 3. The van der Waals surface area contributed by atoms with E-state index in [9.17, 15) is 13.2 Å². The van der Waals surface area contributed by atoms with E-state index in [4.69, 9.17) is 0 Å². The van der Waals surface area contributed by atoms with Crippen LogP contribution in [-0.4, -0.2) is 15.0 Å². The molecular formula is C14H13F3N4. The van der Waals surface area contributed by atoms with Crippen molar-refractivity contribution in [3.63, 3.8) is 0 Å². The largest absolute Gasteiger partial charge is 0.433 e. The normalized spacial score (nSPS) is 14.3. The van der Waals surface area contributed by atoms with E-state index in [1.807, 2.05) is 13.0 Å². The van der Waals surface area contributed by atoms with Crippen molar-refractivity contribution in [3.05, 3.63) is 40.8 Å². The maximum Gasteiger partial charge on any atom is 0.433 e. The van der Waals surface area contributed by atoms with Crippen LogP contribution in [-0.2, 0) is 25.7 Å². The summed E-state index contributed by atoms with van der Waals surface area (Å²) in [6.45, 7) is 2.38. The topological polar surface area (TPSA) is 50.7 Å². The minimum absolute atomic E-state index is 0.0437. The number of nitrogens with zero attached hydrogens (tertiary/aromatic N) is 3. The predicted octanol–water partition coefficient (Wildman–Crippen LogP) is 2.72. The molecular weight excluding hydrogens is 281 g/mol. The molecule has 2 aromatic heterocycles. The van der Waals surface area contributed by atoms with Crippen molar-refractivity contribution >= 4 is 0 Å². The number of alkyl halides is 3. The molecule has 3 heterocycles. The van der Waals surface area contributed by atoms with Crippen molar-refractivity contribution in [2.24, 2.45) is 0 Å². The van der Waals surface area contributed by atoms with Gasteiger partial charge in [0.1, 0.15) is 5.69 Å². The van der Waals surface area contributed by atoms with Crippen LogP contribution >= 0.6 is 0 Å². The van der Waals surface area contributed by atoms with E-state index in [0.29, 0.717) is 24.4 Å². The van der Waals surface area contributed by atoms with Crippen LogP contribution in [0, 0.1) is 0 Å². The molecule has 21 heavy (non-hydrogen) atoms. The second-order valence-electron chi connectivity index (χ2n) is 4.79. The quantitative estimate of drug-likeness (QED) is 0.925. The SMILES string of the molecule is CCc1cccnc1-c1nc2c(c(C(F)(F)F)n1)CNC2. The minimum atomic E-state index is -4.49. The van der Waals surface area contributed by atoms with Crippen molar-refractivity contribution in [1.82, 2.24) is 20.3 Å². The third-order valence-electron chi connectivity index (χ3n) is 3.44. The van der Waals surface area contributed by atoms with Gasteiger partial charge in [0.15, 0.2) is 11.5 Å². The molecule has 7 heteroatoms. The molecule has 0 saturated heterocycles. The van der Waals surface area contributed by atoms with Gasteiger partial charge in [-0.2, -0.15) is 13.2 Å². The van der Waals surface area contributed by atoms with Crippen molar-refractivity contribution in [1.29, 1.82) is 0 Å². The van der Waals surface area contributed by atoms with E-state index in [1.165, 1.54) is 6.20 Å². The summed E-state index contributed by atoms with van der Waals surface area (Å²) in [6.07, 6.45) is -2.30. The average molecular weight is 294 g/mol. The first-order valence-electron chi connectivity index (χ1n) is 6.62. The van der Waals surface area contributed by atoms with Crippen molar-refractivity contribution in [2.45, 2.75) is 32.6 Å². The fourth-order valence-electron chi connectivity index (χ4n) is 2.43. The van der Waals surface area contributed by atoms with E-state index >= 15 is 0 Å². The van der Waals surface area contributed by atoms with Gasteiger partial charge in [-0.3, -0.25) is 4.98 Å². The van der Waals surface area contributed by atoms with E-state index in [-0.39, 0.29) is 17.9 Å². The maximum atomic E-state index is 13.2. The summed E-state index contributed by atoms with van der Waals surface area (Å²) in [4.78, 5) is 12.2. The van der Waals surface area contributed by atoms with E-state index in [0.717, 1.165) is 5.56 Å². The van der Waals surface area contributed by atoms with Gasteiger partial charge in [-0.15, -0.1) is 0 Å². The molecule has 0 unspecified atom stereocenters. The molecule has 0 aromatic carbocycles. The molecule has 0 bridgehead atoms. The third kappa shape index (κ3) is 2.49. The van der Waals surface area contributed by atoms with Crippen LogP contribution in [0.2, 0.25) is 0 Å². The summed E-state index contributed by atoms with van der Waals surface area (Å²) >= 11 is 0. The number of fused-ring (bicyclic) bond motifs is 1. The number of hydrogen-bond acceptors (Lipinski definition) is 4. The first kappa shape index (κ1) is 13.9. The zero-order chi connectivity index (χ0) is 15.0. The Kier molecular flexibility index (Phi) is 3.36. The van der Waals surface area contributed by atoms with Crippen LogP contribution < -0.4 is 5.32 Å². The number of nitrogens with one attached hydrogen (secondary N) is 1. The van der Waals surface area contributed by atoms with Gasteiger partial charge < -0.3 is 5.32 Å². The zero-order valence-electron chi connectivity index (χ0n) is 11.3. The first-order chi connectivity index (χ1) is 10.0. The monoisotopic (exact) mass is 294 g/mol.